The molecule has 2 rings (SSSR count). The predicted octanol–water partition coefficient (Wildman–Crippen LogP) is 3.02. The molecule has 10 heteroatoms. The summed E-state index contributed by atoms with van der Waals surface area (Å²) in [5.74, 6) is -2.35. The number of hydrogen-bond acceptors (Lipinski definition) is 6. The maximum absolute atomic E-state index is 13.5. The third-order valence-corrected chi connectivity index (χ3v) is 6.42. The summed E-state index contributed by atoms with van der Waals surface area (Å²) in [7, 11) is 0. The number of amides is 4. The van der Waals surface area contributed by atoms with Crippen LogP contribution in [0.15, 0.2) is 25.3 Å². The molecule has 2 fully saturated rings. The third-order valence-electron chi connectivity index (χ3n) is 6.42. The first kappa shape index (κ1) is 32.9. The maximum atomic E-state index is 13.5. The number of hydrogen-bond donors (Lipinski definition) is 3. The summed E-state index contributed by atoms with van der Waals surface area (Å²) in [5.41, 5.74) is 0. The van der Waals surface area contributed by atoms with Crippen molar-refractivity contribution in [1.29, 1.82) is 0 Å². The molecule has 10 nitrogen and oxygen atoms in total. The number of likely N-dealkylation sites (tertiary alicyclic amines) is 1. The Morgan fingerprint density at radius 2 is 1.63 bits per heavy atom. The molecule has 0 spiro atoms. The van der Waals surface area contributed by atoms with Crippen LogP contribution in [0.2, 0.25) is 0 Å². The Hall–Kier alpha value is -3.17. The van der Waals surface area contributed by atoms with Crippen LogP contribution in [0.25, 0.3) is 0 Å². The number of carbonyl (C=O) groups excluding carboxylic acids is 5. The standard InChI is InChI=1S/C25H38N4O6.C3H8/c1-4-10-18(21(30)23(32)26-14-5-2)27-22(31)19-13-9-15-29(19)24(33)20(17-11-7-8-12-17)28-25(34)35-16-6-3;1-3-2/h5-6,17-20H,2-4,7-16H2,1H3,(H,26,32)(H,27,31)(H,28,34);3H2,1-2H3/t18?,19?,20-;/m0./s1. The van der Waals surface area contributed by atoms with Gasteiger partial charge in [0, 0.05) is 13.1 Å². The average molecular weight is 535 g/mol. The van der Waals surface area contributed by atoms with E-state index >= 15 is 0 Å². The second kappa shape index (κ2) is 18.1. The molecular weight excluding hydrogens is 488 g/mol. The van der Waals surface area contributed by atoms with Crippen molar-refractivity contribution in [1.82, 2.24) is 20.9 Å². The van der Waals surface area contributed by atoms with E-state index in [4.69, 9.17) is 4.74 Å². The van der Waals surface area contributed by atoms with Crippen molar-refractivity contribution in [3.8, 4) is 0 Å². The first-order valence-electron chi connectivity index (χ1n) is 13.8. The van der Waals surface area contributed by atoms with E-state index in [1.54, 1.807) is 0 Å². The zero-order valence-corrected chi connectivity index (χ0v) is 23.3. The molecule has 2 aliphatic rings. The highest BCUT2D eigenvalue weighted by Crippen LogP contribution is 2.30. The van der Waals surface area contributed by atoms with Crippen LogP contribution < -0.4 is 16.0 Å². The fraction of sp³-hybridized carbons (Fsp3) is 0.679. The average Bonchev–Trinajstić information content (AvgIpc) is 3.61. The number of nitrogens with zero attached hydrogens (tertiary/aromatic N) is 1. The van der Waals surface area contributed by atoms with Gasteiger partial charge in [0.25, 0.3) is 5.91 Å². The van der Waals surface area contributed by atoms with Crippen molar-refractivity contribution in [3.05, 3.63) is 25.3 Å². The zero-order valence-electron chi connectivity index (χ0n) is 23.3. The number of ketones is 1. The second-order valence-electron chi connectivity index (χ2n) is 9.66. The topological polar surface area (TPSA) is 134 Å². The summed E-state index contributed by atoms with van der Waals surface area (Å²) < 4.78 is 5.02. The van der Waals surface area contributed by atoms with E-state index in [1.165, 1.54) is 23.5 Å². The molecule has 1 aliphatic carbocycles. The van der Waals surface area contributed by atoms with Crippen LogP contribution in [-0.4, -0.2) is 72.3 Å². The Morgan fingerprint density at radius 1 is 0.974 bits per heavy atom. The quantitative estimate of drug-likeness (QED) is 0.246. The minimum absolute atomic E-state index is 0.0272. The number of nitrogens with one attached hydrogen (secondary N) is 3. The van der Waals surface area contributed by atoms with Crippen molar-refractivity contribution in [3.63, 3.8) is 0 Å². The van der Waals surface area contributed by atoms with Crippen molar-refractivity contribution in [2.75, 3.05) is 19.7 Å². The molecule has 1 saturated carbocycles. The van der Waals surface area contributed by atoms with Gasteiger partial charge >= 0.3 is 6.09 Å². The molecule has 0 aromatic carbocycles. The number of carbonyl (C=O) groups is 5. The van der Waals surface area contributed by atoms with Gasteiger partial charge in [-0.1, -0.05) is 65.2 Å². The van der Waals surface area contributed by atoms with Crippen LogP contribution in [0.4, 0.5) is 4.79 Å². The van der Waals surface area contributed by atoms with Crippen LogP contribution in [0.3, 0.4) is 0 Å². The van der Waals surface area contributed by atoms with Gasteiger partial charge < -0.3 is 25.6 Å². The molecule has 0 bridgehead atoms. The highest BCUT2D eigenvalue weighted by Gasteiger charge is 2.42. The lowest BCUT2D eigenvalue weighted by atomic mass is 9.96. The maximum Gasteiger partial charge on any atom is 0.408 e. The van der Waals surface area contributed by atoms with E-state index in [0.29, 0.717) is 32.2 Å². The van der Waals surface area contributed by atoms with Gasteiger partial charge in [-0.05, 0) is 38.0 Å². The molecule has 0 aromatic heterocycles. The smallest absolute Gasteiger partial charge is 0.408 e. The fourth-order valence-electron chi connectivity index (χ4n) is 4.69. The molecule has 0 radical (unpaired) electrons. The Balaban J connectivity index is 0.00000229. The van der Waals surface area contributed by atoms with Crippen LogP contribution in [-0.2, 0) is 23.9 Å². The third kappa shape index (κ3) is 10.3. The summed E-state index contributed by atoms with van der Waals surface area (Å²) in [6, 6.07) is -2.55. The molecule has 0 aromatic rings. The molecule has 214 valence electrons. The minimum Gasteiger partial charge on any atom is -0.445 e. The predicted molar refractivity (Wildman–Crippen MR) is 146 cm³/mol. The van der Waals surface area contributed by atoms with Crippen LogP contribution in [0.1, 0.15) is 78.6 Å². The monoisotopic (exact) mass is 534 g/mol. The van der Waals surface area contributed by atoms with E-state index in [2.05, 4.69) is 43.0 Å². The van der Waals surface area contributed by atoms with Crippen molar-refractivity contribution in [2.24, 2.45) is 5.92 Å². The molecule has 3 N–H and O–H groups in total. The van der Waals surface area contributed by atoms with Crippen molar-refractivity contribution < 1.29 is 28.7 Å². The lowest BCUT2D eigenvalue weighted by Crippen LogP contribution is -2.57. The summed E-state index contributed by atoms with van der Waals surface area (Å²) in [6.07, 6.45) is 8.93. The number of Topliss-reactive ketones (excluding diaryl/α,β-unsaturated/α-hetero) is 1. The van der Waals surface area contributed by atoms with Crippen molar-refractivity contribution >= 4 is 29.6 Å². The molecule has 1 saturated heterocycles. The molecule has 1 aliphatic heterocycles. The molecule has 1 heterocycles. The molecular formula is C28H46N4O6. The van der Waals surface area contributed by atoms with Crippen LogP contribution >= 0.6 is 0 Å². The number of ether oxygens (including phenoxy) is 1. The lowest BCUT2D eigenvalue weighted by molar-refractivity contribution is -0.143. The summed E-state index contributed by atoms with van der Waals surface area (Å²) >= 11 is 0. The normalized spacial score (nSPS) is 18.3. The first-order chi connectivity index (χ1) is 18.2. The molecule has 4 amide bonds. The van der Waals surface area contributed by atoms with Gasteiger partial charge in [0.15, 0.2) is 0 Å². The van der Waals surface area contributed by atoms with Gasteiger partial charge in [-0.2, -0.15) is 0 Å². The van der Waals surface area contributed by atoms with Gasteiger partial charge in [0.05, 0.1) is 6.04 Å². The largest absolute Gasteiger partial charge is 0.445 e. The van der Waals surface area contributed by atoms with Gasteiger partial charge in [-0.25, -0.2) is 4.79 Å². The SMILES string of the molecule is C=CCNC(=O)C(=O)C(CCC)NC(=O)C1CCCN1C(=O)[C@@H](NC(=O)OCC=C)C1CCCC1.CCC. The zero-order chi connectivity index (χ0) is 28.5. The first-order valence-corrected chi connectivity index (χ1v) is 13.8. The molecule has 3 atom stereocenters. The minimum atomic E-state index is -0.979. The van der Waals surface area contributed by atoms with Gasteiger partial charge in [0.2, 0.25) is 17.6 Å². The van der Waals surface area contributed by atoms with E-state index < -0.39 is 41.8 Å². The van der Waals surface area contributed by atoms with Crippen LogP contribution in [0, 0.1) is 5.92 Å². The second-order valence-corrected chi connectivity index (χ2v) is 9.66. The Labute approximate surface area is 227 Å². The Bertz CT molecular complexity index is 824. The van der Waals surface area contributed by atoms with E-state index in [0.717, 1.165) is 25.7 Å². The summed E-state index contributed by atoms with van der Waals surface area (Å²) in [5, 5.41) is 7.82. The van der Waals surface area contributed by atoms with E-state index in [9.17, 15) is 24.0 Å². The Morgan fingerprint density at radius 3 is 2.21 bits per heavy atom. The number of rotatable bonds is 13. The molecule has 2 unspecified atom stereocenters. The molecule has 38 heavy (non-hydrogen) atoms. The van der Waals surface area contributed by atoms with E-state index in [1.807, 2.05) is 6.92 Å². The highest BCUT2D eigenvalue weighted by molar-refractivity contribution is 6.38. The summed E-state index contributed by atoms with van der Waals surface area (Å²) in [6.45, 7) is 13.7. The highest BCUT2D eigenvalue weighted by atomic mass is 16.5. The number of alkyl carbamates (subject to hydrolysis) is 1. The van der Waals surface area contributed by atoms with E-state index in [-0.39, 0.29) is 25.0 Å². The van der Waals surface area contributed by atoms with Crippen molar-refractivity contribution in [2.45, 2.75) is 96.7 Å². The Kier molecular flexibility index (Phi) is 15.7. The van der Waals surface area contributed by atoms with Gasteiger partial charge in [-0.3, -0.25) is 19.2 Å². The summed E-state index contributed by atoms with van der Waals surface area (Å²) in [4.78, 5) is 65.1. The van der Waals surface area contributed by atoms with Crippen LogP contribution in [0.5, 0.6) is 0 Å². The lowest BCUT2D eigenvalue weighted by Gasteiger charge is -2.31. The van der Waals surface area contributed by atoms with Gasteiger partial charge in [-0.15, -0.1) is 6.58 Å². The fourth-order valence-corrected chi connectivity index (χ4v) is 4.69. The van der Waals surface area contributed by atoms with Gasteiger partial charge in [0.1, 0.15) is 18.7 Å².